The Morgan fingerprint density at radius 1 is 0.517 bits per heavy atom. The number of hydrogen-bond donors (Lipinski definition) is 1. The average Bonchev–Trinajstić information content (AvgIpc) is 3.18. The molecule has 0 bridgehead atoms. The van der Waals surface area contributed by atoms with Gasteiger partial charge in [0.15, 0.2) is 6.10 Å². The van der Waals surface area contributed by atoms with Crippen molar-refractivity contribution in [3.63, 3.8) is 0 Å². The molecule has 58 heavy (non-hydrogen) atoms. The highest BCUT2D eigenvalue weighted by Crippen LogP contribution is 2.14. The number of carboxylic acids is 1. The molecule has 0 radical (unpaired) electrons. The Hall–Kier alpha value is -2.49. The van der Waals surface area contributed by atoms with Crippen LogP contribution in [0.15, 0.2) is 36.5 Å². The molecule has 0 aromatic rings. The number of hydrogen-bond acceptors (Lipinski definition) is 7. The summed E-state index contributed by atoms with van der Waals surface area (Å²) in [6, 6.07) is 0. The molecule has 9 heteroatoms. The van der Waals surface area contributed by atoms with Gasteiger partial charge in [0.05, 0.1) is 34.4 Å². The number of allylic oxidation sites excluding steroid dienone is 6. The lowest BCUT2D eigenvalue weighted by molar-refractivity contribution is -0.870. The third kappa shape index (κ3) is 41.7. The molecular formula is C49H90NO8+. The maximum Gasteiger partial charge on any atom is 0.361 e. The first-order chi connectivity index (χ1) is 28.1. The number of unbranched alkanes of at least 4 members (excludes halogenated alkanes) is 22. The van der Waals surface area contributed by atoms with E-state index in [1.807, 2.05) is 21.1 Å². The Morgan fingerprint density at radius 3 is 1.41 bits per heavy atom. The summed E-state index contributed by atoms with van der Waals surface area (Å²) in [7, 11) is 5.95. The second-order valence-electron chi connectivity index (χ2n) is 17.1. The molecule has 0 aliphatic carbocycles. The van der Waals surface area contributed by atoms with Gasteiger partial charge in [-0.3, -0.25) is 9.59 Å². The van der Waals surface area contributed by atoms with Crippen molar-refractivity contribution in [1.82, 2.24) is 0 Å². The van der Waals surface area contributed by atoms with Gasteiger partial charge in [0.2, 0.25) is 0 Å². The van der Waals surface area contributed by atoms with Gasteiger partial charge in [-0.25, -0.2) is 4.79 Å². The van der Waals surface area contributed by atoms with Gasteiger partial charge in [-0.1, -0.05) is 153 Å². The molecule has 0 heterocycles. The van der Waals surface area contributed by atoms with Gasteiger partial charge >= 0.3 is 17.9 Å². The van der Waals surface area contributed by atoms with Crippen LogP contribution in [0.2, 0.25) is 0 Å². The number of rotatable bonds is 43. The van der Waals surface area contributed by atoms with Crippen LogP contribution in [0.3, 0.4) is 0 Å². The molecule has 2 unspecified atom stereocenters. The van der Waals surface area contributed by atoms with E-state index < -0.39 is 24.3 Å². The molecular weight excluding hydrogens is 731 g/mol. The van der Waals surface area contributed by atoms with E-state index >= 15 is 0 Å². The van der Waals surface area contributed by atoms with Gasteiger partial charge in [0.1, 0.15) is 13.2 Å². The van der Waals surface area contributed by atoms with Crippen molar-refractivity contribution in [1.29, 1.82) is 0 Å². The van der Waals surface area contributed by atoms with Crippen LogP contribution in [-0.2, 0) is 33.3 Å². The molecule has 0 rings (SSSR count). The van der Waals surface area contributed by atoms with Crippen LogP contribution in [0.25, 0.3) is 0 Å². The molecule has 0 amide bonds. The topological polar surface area (TPSA) is 108 Å². The number of carboxylic acid groups (broad SMARTS) is 1. The van der Waals surface area contributed by atoms with E-state index in [-0.39, 0.29) is 32.2 Å². The average molecular weight is 821 g/mol. The lowest BCUT2D eigenvalue weighted by atomic mass is 10.1. The minimum Gasteiger partial charge on any atom is -0.477 e. The summed E-state index contributed by atoms with van der Waals surface area (Å²) in [5, 5.41) is 9.64. The SMILES string of the molecule is CCCCC/C=C\C/C=C\CCCCCCCCCC(=O)OC(COC(=O)CCCCCCC/C=C\CCCCCCCCC)COC(OCC[N+](C)(C)C)C(=O)O. The summed E-state index contributed by atoms with van der Waals surface area (Å²) in [4.78, 5) is 37.2. The Morgan fingerprint density at radius 2 is 0.931 bits per heavy atom. The summed E-state index contributed by atoms with van der Waals surface area (Å²) in [6.45, 7) is 4.83. The molecule has 0 spiro atoms. The Labute approximate surface area is 356 Å². The third-order valence-corrected chi connectivity index (χ3v) is 10.1. The van der Waals surface area contributed by atoms with E-state index in [9.17, 15) is 19.5 Å². The van der Waals surface area contributed by atoms with Crippen LogP contribution < -0.4 is 0 Å². The number of quaternary nitrogens is 1. The lowest BCUT2D eigenvalue weighted by Gasteiger charge is -2.25. The minimum absolute atomic E-state index is 0.185. The highest BCUT2D eigenvalue weighted by Gasteiger charge is 2.25. The predicted molar refractivity (Wildman–Crippen MR) is 240 cm³/mol. The van der Waals surface area contributed by atoms with Crippen LogP contribution in [-0.4, -0.2) is 87.4 Å². The first kappa shape index (κ1) is 55.5. The Kier molecular flexibility index (Phi) is 39.5. The third-order valence-electron chi connectivity index (χ3n) is 10.1. The molecule has 9 nitrogen and oxygen atoms in total. The van der Waals surface area contributed by atoms with Gasteiger partial charge in [0, 0.05) is 12.8 Å². The summed E-state index contributed by atoms with van der Waals surface area (Å²) < 4.78 is 22.7. The van der Waals surface area contributed by atoms with Crippen molar-refractivity contribution in [2.75, 3.05) is 47.5 Å². The van der Waals surface area contributed by atoms with Crippen LogP contribution >= 0.6 is 0 Å². The standard InChI is InChI=1S/C49H89NO8/c1-6-8-10-12-14-16-18-20-22-24-26-28-30-32-34-36-38-40-47(52)58-45(44-57-49(48(53)54)55-42-41-50(3,4)5)43-56-46(51)39-37-35-33-31-29-27-25-23-21-19-17-15-13-11-9-7-2/h14,16,20,22-23,25,45,49H,6-13,15,17-19,21,24,26-44H2,1-5H3/p+1/b16-14-,22-20-,25-23-. The molecule has 0 aromatic carbocycles. The van der Waals surface area contributed by atoms with Gasteiger partial charge in [-0.05, 0) is 70.6 Å². The van der Waals surface area contributed by atoms with E-state index in [4.69, 9.17) is 18.9 Å². The number of aliphatic carboxylic acids is 1. The van der Waals surface area contributed by atoms with Crippen molar-refractivity contribution in [3.05, 3.63) is 36.5 Å². The second-order valence-corrected chi connectivity index (χ2v) is 17.1. The second kappa shape index (κ2) is 41.3. The number of ether oxygens (including phenoxy) is 4. The van der Waals surface area contributed by atoms with Gasteiger partial charge in [-0.2, -0.15) is 0 Å². The fourth-order valence-corrected chi connectivity index (χ4v) is 6.39. The van der Waals surface area contributed by atoms with Crippen molar-refractivity contribution < 1.29 is 42.9 Å². The molecule has 0 fully saturated rings. The van der Waals surface area contributed by atoms with E-state index in [0.717, 1.165) is 70.6 Å². The normalized spacial score (nSPS) is 13.2. The number of carbonyl (C=O) groups is 3. The molecule has 0 aliphatic rings. The van der Waals surface area contributed by atoms with Crippen molar-refractivity contribution in [3.8, 4) is 0 Å². The van der Waals surface area contributed by atoms with E-state index in [2.05, 4.69) is 50.3 Å². The van der Waals surface area contributed by atoms with Crippen molar-refractivity contribution in [2.24, 2.45) is 0 Å². The van der Waals surface area contributed by atoms with Crippen LogP contribution in [0, 0.1) is 0 Å². The molecule has 0 saturated carbocycles. The highest BCUT2D eigenvalue weighted by atomic mass is 16.7. The van der Waals surface area contributed by atoms with Crippen LogP contribution in [0.1, 0.15) is 200 Å². The van der Waals surface area contributed by atoms with Gasteiger partial charge in [0.25, 0.3) is 6.29 Å². The molecule has 2 atom stereocenters. The predicted octanol–water partition coefficient (Wildman–Crippen LogP) is 12.6. The lowest BCUT2D eigenvalue weighted by Crippen LogP contribution is -2.40. The molecule has 338 valence electrons. The zero-order valence-corrected chi connectivity index (χ0v) is 38.2. The molecule has 0 aromatic heterocycles. The van der Waals surface area contributed by atoms with E-state index in [1.165, 1.54) is 96.3 Å². The number of nitrogens with zero attached hydrogens (tertiary/aromatic N) is 1. The summed E-state index contributed by atoms with van der Waals surface area (Å²) in [5.74, 6) is -2.03. The first-order valence-electron chi connectivity index (χ1n) is 23.7. The molecule has 1 N–H and O–H groups in total. The monoisotopic (exact) mass is 821 g/mol. The fraction of sp³-hybridized carbons (Fsp3) is 0.816. The smallest absolute Gasteiger partial charge is 0.361 e. The van der Waals surface area contributed by atoms with Gasteiger partial charge in [-0.15, -0.1) is 0 Å². The summed E-state index contributed by atoms with van der Waals surface area (Å²) in [5.41, 5.74) is 0. The number of likely N-dealkylation sites (N-methyl/N-ethyl adjacent to an activating group) is 1. The summed E-state index contributed by atoms with van der Waals surface area (Å²) >= 11 is 0. The molecule has 0 saturated heterocycles. The quantitative estimate of drug-likeness (QED) is 0.0213. The van der Waals surface area contributed by atoms with Crippen molar-refractivity contribution in [2.45, 2.75) is 212 Å². The zero-order chi connectivity index (χ0) is 42.8. The van der Waals surface area contributed by atoms with E-state index in [1.54, 1.807) is 0 Å². The van der Waals surface area contributed by atoms with Crippen LogP contribution in [0.5, 0.6) is 0 Å². The largest absolute Gasteiger partial charge is 0.477 e. The Balaban J connectivity index is 4.43. The van der Waals surface area contributed by atoms with Crippen molar-refractivity contribution >= 4 is 17.9 Å². The zero-order valence-electron chi connectivity index (χ0n) is 38.2. The maximum absolute atomic E-state index is 12.8. The Bertz CT molecular complexity index is 1050. The fourth-order valence-electron chi connectivity index (χ4n) is 6.39. The highest BCUT2D eigenvalue weighted by molar-refractivity contribution is 5.71. The van der Waals surface area contributed by atoms with Gasteiger partial charge < -0.3 is 28.5 Å². The van der Waals surface area contributed by atoms with Crippen LogP contribution in [0.4, 0.5) is 0 Å². The number of carbonyl (C=O) groups excluding carboxylic acids is 2. The minimum atomic E-state index is -1.51. The summed E-state index contributed by atoms with van der Waals surface area (Å²) in [6.07, 6.45) is 43.4. The van der Waals surface area contributed by atoms with E-state index in [0.29, 0.717) is 23.9 Å². The molecule has 0 aliphatic heterocycles. The maximum atomic E-state index is 12.8. The first-order valence-corrected chi connectivity index (χ1v) is 23.7. The number of esters is 2.